The van der Waals surface area contributed by atoms with E-state index in [9.17, 15) is 0 Å². The molecule has 6 heteroatoms. The summed E-state index contributed by atoms with van der Waals surface area (Å²) in [6.07, 6.45) is 0.892. The van der Waals surface area contributed by atoms with Gasteiger partial charge in [-0.1, -0.05) is 17.7 Å². The Morgan fingerprint density at radius 2 is 2.00 bits per heavy atom. The van der Waals surface area contributed by atoms with Crippen molar-refractivity contribution in [2.45, 2.75) is 20.3 Å². The number of likely N-dealkylation sites (N-methyl/N-ethyl adjacent to an activating group) is 1. The van der Waals surface area contributed by atoms with E-state index in [1.165, 1.54) is 11.1 Å². The van der Waals surface area contributed by atoms with E-state index in [2.05, 4.69) is 53.6 Å². The largest absolute Gasteiger partial charge is 0.496 e. The van der Waals surface area contributed by atoms with E-state index < -0.39 is 0 Å². The second-order valence-electron chi connectivity index (χ2n) is 6.05. The predicted molar refractivity (Wildman–Crippen MR) is 105 cm³/mol. The molecule has 0 saturated carbocycles. The van der Waals surface area contributed by atoms with Crippen LogP contribution in [0.15, 0.2) is 23.2 Å². The van der Waals surface area contributed by atoms with Crippen molar-refractivity contribution in [1.29, 1.82) is 0 Å². The lowest BCUT2D eigenvalue weighted by Gasteiger charge is -2.16. The van der Waals surface area contributed by atoms with Crippen LogP contribution in [0.25, 0.3) is 0 Å². The third-order valence-electron chi connectivity index (χ3n) is 3.90. The zero-order valence-corrected chi connectivity index (χ0v) is 16.4. The van der Waals surface area contributed by atoms with Crippen molar-refractivity contribution in [1.82, 2.24) is 15.5 Å². The van der Waals surface area contributed by atoms with Gasteiger partial charge in [-0.25, -0.2) is 0 Å². The smallest absolute Gasteiger partial charge is 0.191 e. The van der Waals surface area contributed by atoms with Gasteiger partial charge in [-0.05, 0) is 38.9 Å². The Hall–Kier alpha value is -1.79. The number of methoxy groups -OCH3 is 2. The van der Waals surface area contributed by atoms with Gasteiger partial charge < -0.3 is 25.0 Å². The fourth-order valence-electron chi connectivity index (χ4n) is 2.45. The van der Waals surface area contributed by atoms with E-state index in [0.717, 1.165) is 57.5 Å². The summed E-state index contributed by atoms with van der Waals surface area (Å²) in [4.78, 5) is 6.85. The minimum Gasteiger partial charge on any atom is -0.496 e. The summed E-state index contributed by atoms with van der Waals surface area (Å²) in [6.45, 7) is 9.16. The fraction of sp³-hybridized carbons (Fsp3) is 0.632. The maximum absolute atomic E-state index is 5.44. The molecular formula is C19H34N4O2. The van der Waals surface area contributed by atoms with Crippen LogP contribution in [-0.2, 0) is 11.2 Å². The Morgan fingerprint density at radius 3 is 2.68 bits per heavy atom. The number of guanidine groups is 1. The normalized spacial score (nSPS) is 11.7. The van der Waals surface area contributed by atoms with Gasteiger partial charge in [0.15, 0.2) is 5.96 Å². The number of hydrogen-bond donors (Lipinski definition) is 2. The van der Waals surface area contributed by atoms with Crippen molar-refractivity contribution < 1.29 is 9.47 Å². The van der Waals surface area contributed by atoms with Gasteiger partial charge in [0.1, 0.15) is 5.75 Å². The Morgan fingerprint density at radius 1 is 1.20 bits per heavy atom. The minimum atomic E-state index is 0.747. The highest BCUT2D eigenvalue weighted by molar-refractivity contribution is 5.79. The van der Waals surface area contributed by atoms with Crippen molar-refractivity contribution in [2.24, 2.45) is 4.99 Å². The molecule has 25 heavy (non-hydrogen) atoms. The standard InChI is InChI=1S/C19H34N4O2/c1-6-20-19(22-11-12-23(3)13-14-24-4)21-10-9-17-15-16(2)7-8-18(17)25-5/h7-8,15H,6,9-14H2,1-5H3,(H2,20,21,22). The molecule has 0 heterocycles. The van der Waals surface area contributed by atoms with Crippen molar-refractivity contribution in [3.05, 3.63) is 29.3 Å². The van der Waals surface area contributed by atoms with E-state index in [0.29, 0.717) is 0 Å². The summed E-state index contributed by atoms with van der Waals surface area (Å²) in [5, 5.41) is 6.69. The maximum Gasteiger partial charge on any atom is 0.191 e. The van der Waals surface area contributed by atoms with Crippen molar-refractivity contribution in [2.75, 3.05) is 60.6 Å². The van der Waals surface area contributed by atoms with Gasteiger partial charge in [0.25, 0.3) is 0 Å². The molecule has 142 valence electrons. The number of rotatable bonds is 11. The maximum atomic E-state index is 5.44. The van der Waals surface area contributed by atoms with Crippen LogP contribution in [0.5, 0.6) is 5.75 Å². The van der Waals surface area contributed by atoms with Crippen molar-refractivity contribution >= 4 is 5.96 Å². The van der Waals surface area contributed by atoms with E-state index in [1.807, 2.05) is 6.07 Å². The van der Waals surface area contributed by atoms with Gasteiger partial charge in [-0.15, -0.1) is 0 Å². The SMILES string of the molecule is CCNC(=NCCN(C)CCOC)NCCc1cc(C)ccc1OC. The Kier molecular flexibility index (Phi) is 10.7. The molecule has 0 aliphatic rings. The van der Waals surface area contributed by atoms with Gasteiger partial charge in [0, 0.05) is 33.3 Å². The van der Waals surface area contributed by atoms with Gasteiger partial charge in [-0.2, -0.15) is 0 Å². The first kappa shape index (κ1) is 21.3. The molecule has 0 radical (unpaired) electrons. The summed E-state index contributed by atoms with van der Waals surface area (Å²) in [5.74, 6) is 1.79. The van der Waals surface area contributed by atoms with Gasteiger partial charge in [-0.3, -0.25) is 4.99 Å². The molecule has 0 saturated heterocycles. The number of hydrogen-bond acceptors (Lipinski definition) is 4. The van der Waals surface area contributed by atoms with Crippen LogP contribution >= 0.6 is 0 Å². The molecule has 0 atom stereocenters. The van der Waals surface area contributed by atoms with Crippen LogP contribution < -0.4 is 15.4 Å². The van der Waals surface area contributed by atoms with E-state index in [-0.39, 0.29) is 0 Å². The highest BCUT2D eigenvalue weighted by atomic mass is 16.5. The van der Waals surface area contributed by atoms with Crippen molar-refractivity contribution in [3.63, 3.8) is 0 Å². The first-order chi connectivity index (χ1) is 12.1. The van der Waals surface area contributed by atoms with E-state index in [1.54, 1.807) is 14.2 Å². The molecule has 2 N–H and O–H groups in total. The Labute approximate surface area is 152 Å². The molecule has 0 amide bonds. The van der Waals surface area contributed by atoms with Gasteiger partial charge in [0.2, 0.25) is 0 Å². The predicted octanol–water partition coefficient (Wildman–Crippen LogP) is 1.68. The lowest BCUT2D eigenvalue weighted by molar-refractivity contribution is 0.163. The zero-order chi connectivity index (χ0) is 18.5. The summed E-state index contributed by atoms with van der Waals surface area (Å²) in [6, 6.07) is 6.27. The number of aryl methyl sites for hydroxylation is 1. The molecule has 0 bridgehead atoms. The molecule has 0 aliphatic carbocycles. The third-order valence-corrected chi connectivity index (χ3v) is 3.90. The second kappa shape index (κ2) is 12.6. The van der Waals surface area contributed by atoms with Crippen LogP contribution in [0.4, 0.5) is 0 Å². The molecule has 0 unspecified atom stereocenters. The molecular weight excluding hydrogens is 316 g/mol. The first-order valence-electron chi connectivity index (χ1n) is 8.93. The van der Waals surface area contributed by atoms with Crippen LogP contribution in [0.3, 0.4) is 0 Å². The Balaban J connectivity index is 2.47. The highest BCUT2D eigenvalue weighted by Crippen LogP contribution is 2.19. The minimum absolute atomic E-state index is 0.747. The molecule has 6 nitrogen and oxygen atoms in total. The number of benzene rings is 1. The fourth-order valence-corrected chi connectivity index (χ4v) is 2.45. The quantitative estimate of drug-likeness (QED) is 0.470. The van der Waals surface area contributed by atoms with Crippen molar-refractivity contribution in [3.8, 4) is 5.75 Å². The number of nitrogens with zero attached hydrogens (tertiary/aromatic N) is 2. The van der Waals surface area contributed by atoms with Crippen LogP contribution in [-0.4, -0.2) is 71.5 Å². The summed E-state index contributed by atoms with van der Waals surface area (Å²) in [7, 11) is 5.52. The topological polar surface area (TPSA) is 58.1 Å². The molecule has 0 spiro atoms. The highest BCUT2D eigenvalue weighted by Gasteiger charge is 2.04. The molecule has 0 aliphatic heterocycles. The average Bonchev–Trinajstić information content (AvgIpc) is 2.60. The van der Waals surface area contributed by atoms with E-state index in [4.69, 9.17) is 9.47 Å². The van der Waals surface area contributed by atoms with E-state index >= 15 is 0 Å². The summed E-state index contributed by atoms with van der Waals surface area (Å²) in [5.41, 5.74) is 2.46. The lowest BCUT2D eigenvalue weighted by atomic mass is 10.1. The van der Waals surface area contributed by atoms with Crippen LogP contribution in [0, 0.1) is 6.92 Å². The zero-order valence-electron chi connectivity index (χ0n) is 16.4. The molecule has 1 aromatic rings. The molecule has 0 aromatic heterocycles. The third kappa shape index (κ3) is 8.74. The molecule has 0 fully saturated rings. The first-order valence-corrected chi connectivity index (χ1v) is 8.93. The average molecular weight is 351 g/mol. The monoisotopic (exact) mass is 350 g/mol. The number of ether oxygens (including phenoxy) is 2. The van der Waals surface area contributed by atoms with Gasteiger partial charge in [0.05, 0.1) is 20.3 Å². The molecule has 1 rings (SSSR count). The number of nitrogens with one attached hydrogen (secondary N) is 2. The van der Waals surface area contributed by atoms with Crippen LogP contribution in [0.1, 0.15) is 18.1 Å². The van der Waals surface area contributed by atoms with Gasteiger partial charge >= 0.3 is 0 Å². The summed E-state index contributed by atoms with van der Waals surface area (Å²) < 4.78 is 10.5. The number of aliphatic imine (C=N–C) groups is 1. The van der Waals surface area contributed by atoms with Crippen LogP contribution in [0.2, 0.25) is 0 Å². The summed E-state index contributed by atoms with van der Waals surface area (Å²) >= 11 is 0. The second-order valence-corrected chi connectivity index (χ2v) is 6.05. The lowest BCUT2D eigenvalue weighted by Crippen LogP contribution is -2.39. The molecule has 1 aromatic carbocycles. The Bertz CT molecular complexity index is 520.